The predicted octanol–water partition coefficient (Wildman–Crippen LogP) is 2.93. The molecule has 0 fully saturated rings. The molecular weight excluding hydrogens is 336 g/mol. The summed E-state index contributed by atoms with van der Waals surface area (Å²) < 4.78 is 1.75. The Morgan fingerprint density at radius 2 is 1.27 bits per heavy atom. The molecule has 0 aromatic carbocycles. The standard InChI is InChI=1S/C13H10N6S3/c1-4-14-10(15-5-1)20-13(21-11-16-6-2-7-17-11)22-12-18-8-3-9-19-12/h1-9,14H. The van der Waals surface area contributed by atoms with Crippen molar-refractivity contribution in [1.29, 1.82) is 0 Å². The van der Waals surface area contributed by atoms with Crippen LogP contribution in [0.4, 0.5) is 0 Å². The number of aromatic nitrogens is 6. The number of nitrogens with one attached hydrogen (secondary N) is 1. The van der Waals surface area contributed by atoms with Crippen molar-refractivity contribution in [2.24, 2.45) is 0 Å². The Labute approximate surface area is 138 Å². The minimum atomic E-state index is 0.671. The van der Waals surface area contributed by atoms with E-state index in [0.717, 1.165) is 8.30 Å². The van der Waals surface area contributed by atoms with Crippen molar-refractivity contribution in [2.75, 3.05) is 0 Å². The lowest BCUT2D eigenvalue weighted by atomic mass is 10.7. The fourth-order valence-corrected chi connectivity index (χ4v) is 4.35. The summed E-state index contributed by atoms with van der Waals surface area (Å²) in [7, 11) is 1.49. The zero-order chi connectivity index (χ0) is 15.0. The van der Waals surface area contributed by atoms with Crippen LogP contribution in [0.25, 0.3) is 0 Å². The molecule has 0 unspecified atom stereocenters. The summed E-state index contributed by atoms with van der Waals surface area (Å²) in [6.07, 6.45) is 10.4. The molecule has 0 aliphatic rings. The van der Waals surface area contributed by atoms with Crippen LogP contribution in [-0.4, -0.2) is 33.4 Å². The molecule has 0 bridgehead atoms. The third kappa shape index (κ3) is 4.52. The molecular formula is C13H10N6S3. The normalized spacial score (nSPS) is 10.2. The molecule has 110 valence electrons. The maximum absolute atomic E-state index is 4.28. The Morgan fingerprint density at radius 3 is 1.77 bits per heavy atom. The Balaban J connectivity index is 1.98. The van der Waals surface area contributed by atoms with Crippen LogP contribution in [0.3, 0.4) is 0 Å². The van der Waals surface area contributed by atoms with Gasteiger partial charge in [-0.3, -0.25) is 0 Å². The Morgan fingerprint density at radius 1 is 0.727 bits per heavy atom. The van der Waals surface area contributed by atoms with Crippen molar-refractivity contribution in [3.8, 4) is 0 Å². The van der Waals surface area contributed by atoms with E-state index in [0.29, 0.717) is 10.3 Å². The van der Waals surface area contributed by atoms with Gasteiger partial charge in [-0.05, 0) is 41.7 Å². The summed E-state index contributed by atoms with van der Waals surface area (Å²) in [5.41, 5.74) is 0. The highest BCUT2D eigenvalue weighted by Crippen LogP contribution is 2.27. The van der Waals surface area contributed by atoms with Crippen LogP contribution in [0.1, 0.15) is 0 Å². The van der Waals surface area contributed by atoms with Gasteiger partial charge in [-0.25, -0.2) is 24.9 Å². The predicted molar refractivity (Wildman–Crippen MR) is 90.2 cm³/mol. The van der Waals surface area contributed by atoms with E-state index in [2.05, 4.69) is 29.9 Å². The Kier molecular flexibility index (Phi) is 5.35. The van der Waals surface area contributed by atoms with Gasteiger partial charge in [-0.1, -0.05) is 10.9 Å². The summed E-state index contributed by atoms with van der Waals surface area (Å²) in [5, 5.41) is 1.34. The van der Waals surface area contributed by atoms with Gasteiger partial charge >= 0.3 is 0 Å². The third-order valence-corrected chi connectivity index (χ3v) is 5.40. The van der Waals surface area contributed by atoms with Crippen LogP contribution >= 0.6 is 34.5 Å². The topological polar surface area (TPSA) is 80.2 Å². The van der Waals surface area contributed by atoms with E-state index in [9.17, 15) is 0 Å². The lowest BCUT2D eigenvalue weighted by Gasteiger charge is -2.01. The van der Waals surface area contributed by atoms with E-state index in [1.54, 1.807) is 43.1 Å². The van der Waals surface area contributed by atoms with Crippen molar-refractivity contribution in [3.63, 3.8) is 0 Å². The summed E-state index contributed by atoms with van der Waals surface area (Å²) >= 11 is 2.92. The van der Waals surface area contributed by atoms with E-state index < -0.39 is 0 Å². The molecule has 3 heterocycles. The SMILES string of the molecule is c1cnc(SC(Sc2ncccn2)=S=c2nccc[nH]2)nc1. The monoisotopic (exact) mass is 346 g/mol. The molecule has 0 atom stereocenters. The van der Waals surface area contributed by atoms with Gasteiger partial charge in [0.2, 0.25) is 0 Å². The van der Waals surface area contributed by atoms with Crippen molar-refractivity contribution in [1.82, 2.24) is 29.9 Å². The molecule has 3 rings (SSSR count). The molecule has 0 radical (unpaired) electrons. The van der Waals surface area contributed by atoms with Gasteiger partial charge in [0.15, 0.2) is 15.1 Å². The van der Waals surface area contributed by atoms with Gasteiger partial charge < -0.3 is 4.98 Å². The van der Waals surface area contributed by atoms with Gasteiger partial charge in [-0.15, -0.1) is 0 Å². The van der Waals surface area contributed by atoms with E-state index >= 15 is 0 Å². The molecule has 0 amide bonds. The molecule has 0 saturated heterocycles. The molecule has 22 heavy (non-hydrogen) atoms. The first kappa shape index (κ1) is 14.9. The molecule has 6 nitrogen and oxygen atoms in total. The highest BCUT2D eigenvalue weighted by molar-refractivity contribution is 8.48. The summed E-state index contributed by atoms with van der Waals surface area (Å²) in [6.45, 7) is 0. The summed E-state index contributed by atoms with van der Waals surface area (Å²) in [5.74, 6) is 0. The molecule has 3 aromatic heterocycles. The number of H-pyrrole nitrogens is 1. The van der Waals surface area contributed by atoms with E-state index in [1.807, 2.05) is 12.3 Å². The van der Waals surface area contributed by atoms with E-state index in [4.69, 9.17) is 0 Å². The number of rotatable bonds is 2. The van der Waals surface area contributed by atoms with Gasteiger partial charge in [0.25, 0.3) is 0 Å². The highest BCUT2D eigenvalue weighted by atomic mass is 32.2. The largest absolute Gasteiger partial charge is 0.338 e. The van der Waals surface area contributed by atoms with Crippen molar-refractivity contribution in [3.05, 3.63) is 60.2 Å². The second-order valence-electron chi connectivity index (χ2n) is 3.71. The molecule has 3 aromatic rings. The average molecular weight is 346 g/mol. The Bertz CT molecular complexity index is 770. The summed E-state index contributed by atoms with van der Waals surface area (Å²) in [6, 6.07) is 5.42. The zero-order valence-electron chi connectivity index (χ0n) is 11.2. The van der Waals surface area contributed by atoms with Crippen molar-refractivity contribution < 1.29 is 0 Å². The van der Waals surface area contributed by atoms with Gasteiger partial charge in [0.05, 0.1) is 0 Å². The van der Waals surface area contributed by atoms with Gasteiger partial charge in [0.1, 0.15) is 3.53 Å². The third-order valence-electron chi connectivity index (χ3n) is 2.19. The lowest BCUT2D eigenvalue weighted by molar-refractivity contribution is 0.971. The Hall–Kier alpha value is -1.97. The van der Waals surface area contributed by atoms with Crippen LogP contribution in [0.5, 0.6) is 0 Å². The van der Waals surface area contributed by atoms with E-state index in [-0.39, 0.29) is 0 Å². The van der Waals surface area contributed by atoms with Gasteiger partial charge in [0, 0.05) is 37.2 Å². The van der Waals surface area contributed by atoms with E-state index in [1.165, 1.54) is 34.5 Å². The van der Waals surface area contributed by atoms with Crippen molar-refractivity contribution >= 4 is 38.0 Å². The summed E-state index contributed by atoms with van der Waals surface area (Å²) in [4.78, 5) is 24.3. The fourth-order valence-electron chi connectivity index (χ4n) is 1.33. The number of hydrogen-bond acceptors (Lipinski definition) is 7. The minimum Gasteiger partial charge on any atom is -0.338 e. The minimum absolute atomic E-state index is 0.671. The molecule has 0 aliphatic heterocycles. The van der Waals surface area contributed by atoms with Crippen LogP contribution in [-0.2, 0) is 0 Å². The first-order valence-corrected chi connectivity index (χ1v) is 8.62. The molecule has 9 heteroatoms. The maximum Gasteiger partial charge on any atom is 0.193 e. The quantitative estimate of drug-likeness (QED) is 0.434. The maximum atomic E-state index is 4.28. The van der Waals surface area contributed by atoms with Crippen LogP contribution in [0.2, 0.25) is 0 Å². The molecule has 0 aliphatic carbocycles. The number of thioether (sulfide) groups is 2. The first-order chi connectivity index (χ1) is 10.9. The smallest absolute Gasteiger partial charge is 0.193 e. The first-order valence-electron chi connectivity index (χ1n) is 6.17. The molecule has 0 spiro atoms. The van der Waals surface area contributed by atoms with Crippen LogP contribution < -0.4 is 0 Å². The van der Waals surface area contributed by atoms with Crippen LogP contribution in [0, 0.1) is 4.77 Å². The molecule has 1 N–H and O–H groups in total. The van der Waals surface area contributed by atoms with Crippen molar-refractivity contribution in [2.45, 2.75) is 10.3 Å². The number of nitrogens with zero attached hydrogens (tertiary/aromatic N) is 5. The number of hydrogen-bond donors (Lipinski definition) is 1. The second kappa shape index (κ2) is 7.87. The molecule has 0 saturated carbocycles. The lowest BCUT2D eigenvalue weighted by Crippen LogP contribution is -1.91. The highest BCUT2D eigenvalue weighted by Gasteiger charge is 2.07. The zero-order valence-corrected chi connectivity index (χ0v) is 13.6. The van der Waals surface area contributed by atoms with Crippen LogP contribution in [0.15, 0.2) is 65.7 Å². The average Bonchev–Trinajstić information content (AvgIpc) is 2.57. The second-order valence-corrected chi connectivity index (χ2v) is 7.44. The van der Waals surface area contributed by atoms with Gasteiger partial charge in [-0.2, -0.15) is 0 Å². The fraction of sp³-hybridized carbons (Fsp3) is 0. The number of aromatic amines is 1.